The Bertz CT molecular complexity index is 1530. The van der Waals surface area contributed by atoms with Crippen LogP contribution in [0.25, 0.3) is 28.0 Å². The third-order valence-corrected chi connectivity index (χ3v) is 7.06. The first-order valence-electron chi connectivity index (χ1n) is 12.7. The summed E-state index contributed by atoms with van der Waals surface area (Å²) in [4.78, 5) is 29.2. The van der Waals surface area contributed by atoms with Crippen LogP contribution in [-0.2, 0) is 4.74 Å². The number of cyclic esters (lactones) is 1. The molecule has 2 aliphatic heterocycles. The first kappa shape index (κ1) is 26.6. The number of likely N-dealkylation sites (tertiary alicyclic amines) is 1. The van der Waals surface area contributed by atoms with Crippen LogP contribution in [0.2, 0.25) is 5.15 Å². The van der Waals surface area contributed by atoms with Crippen LogP contribution < -0.4 is 5.32 Å². The van der Waals surface area contributed by atoms with Crippen molar-refractivity contribution in [3.8, 4) is 22.4 Å². The first-order chi connectivity index (χ1) is 18.8. The van der Waals surface area contributed by atoms with Crippen LogP contribution in [0.5, 0.6) is 0 Å². The maximum Gasteiger partial charge on any atom is 0.407 e. The van der Waals surface area contributed by atoms with Gasteiger partial charge in [-0.15, -0.1) is 0 Å². The van der Waals surface area contributed by atoms with Gasteiger partial charge in [0.15, 0.2) is 0 Å². The highest BCUT2D eigenvalue weighted by atomic mass is 35.5. The van der Waals surface area contributed by atoms with Crippen molar-refractivity contribution in [2.75, 3.05) is 26.2 Å². The Hall–Kier alpha value is -3.95. The molecule has 10 heteroatoms. The van der Waals surface area contributed by atoms with Crippen molar-refractivity contribution < 1.29 is 23.8 Å². The summed E-state index contributed by atoms with van der Waals surface area (Å²) in [5.74, 6) is -0.446. The van der Waals surface area contributed by atoms with Crippen LogP contribution in [0, 0.1) is 12.7 Å². The number of β-amino-alcohol motifs (C(OH)–C–C–N with tert-alkyl or cyclic N) is 1. The van der Waals surface area contributed by atoms with Gasteiger partial charge < -0.3 is 20.1 Å². The van der Waals surface area contributed by atoms with Gasteiger partial charge in [0, 0.05) is 36.0 Å². The number of benzene rings is 2. The number of carbonyl (C=O) groups excluding carboxylic acids is 2. The number of hydrogen-bond acceptors (Lipinski definition) is 5. The van der Waals surface area contributed by atoms with Gasteiger partial charge in [0.2, 0.25) is 0 Å². The molecule has 39 heavy (non-hydrogen) atoms. The minimum absolute atomic E-state index is 0.140. The largest absolute Gasteiger partial charge is 0.448 e. The number of piperidine rings is 1. The summed E-state index contributed by atoms with van der Waals surface area (Å²) in [5.41, 5.74) is 4.26. The molecule has 0 saturated carbocycles. The fourth-order valence-electron chi connectivity index (χ4n) is 4.75. The molecule has 6 rings (SSSR count). The Morgan fingerprint density at radius 1 is 1.15 bits per heavy atom. The smallest absolute Gasteiger partial charge is 0.407 e. The second kappa shape index (κ2) is 11.4. The number of aryl methyl sites for hydroxylation is 1. The molecule has 2 saturated heterocycles. The number of rotatable bonds is 3. The lowest BCUT2D eigenvalue weighted by Gasteiger charge is -2.30. The van der Waals surface area contributed by atoms with Crippen LogP contribution >= 0.6 is 11.6 Å². The lowest BCUT2D eigenvalue weighted by atomic mass is 9.97. The Balaban J connectivity index is 0.000000455. The van der Waals surface area contributed by atoms with Crippen molar-refractivity contribution in [3.63, 3.8) is 0 Å². The molecule has 0 spiro atoms. The standard InChI is InChI=1S/C26H23ClFN3O2.C3H5NO2/c1-16-8-9-20(22(28)13-16)19-6-2-3-7-21(19)24-25(27)31-12-10-17(14-23(31)29-24)26(33)30-11-4-5-18(32)15-30;5-3-4-1-2-6-3/h2-3,6-10,12-14,18,32H,4-5,11,15H2,1H3;1-2H2,(H,4,5). The van der Waals surface area contributed by atoms with Gasteiger partial charge in [-0.05, 0) is 49.1 Å². The van der Waals surface area contributed by atoms with Crippen LogP contribution in [-0.4, -0.2) is 63.7 Å². The van der Waals surface area contributed by atoms with Gasteiger partial charge in [0.05, 0.1) is 12.6 Å². The van der Waals surface area contributed by atoms with E-state index in [1.165, 1.54) is 6.07 Å². The highest BCUT2D eigenvalue weighted by Gasteiger charge is 2.24. The normalized spacial score (nSPS) is 16.9. The van der Waals surface area contributed by atoms with Gasteiger partial charge in [-0.3, -0.25) is 9.20 Å². The van der Waals surface area contributed by atoms with Crippen LogP contribution in [0.3, 0.4) is 0 Å². The van der Waals surface area contributed by atoms with E-state index >= 15 is 0 Å². The minimum atomic E-state index is -0.488. The summed E-state index contributed by atoms with van der Waals surface area (Å²) >= 11 is 6.69. The molecule has 0 bridgehead atoms. The second-order valence-electron chi connectivity index (χ2n) is 9.53. The fraction of sp³-hybridized carbons (Fsp3) is 0.276. The zero-order valence-corrected chi connectivity index (χ0v) is 22.1. The molecule has 2 amide bonds. The van der Waals surface area contributed by atoms with Crippen molar-refractivity contribution in [1.82, 2.24) is 19.6 Å². The van der Waals surface area contributed by atoms with Gasteiger partial charge in [-0.2, -0.15) is 0 Å². The lowest BCUT2D eigenvalue weighted by molar-refractivity contribution is 0.0474. The lowest BCUT2D eigenvalue weighted by Crippen LogP contribution is -2.42. The van der Waals surface area contributed by atoms with E-state index in [1.54, 1.807) is 33.7 Å². The van der Waals surface area contributed by atoms with Gasteiger partial charge in [0.1, 0.15) is 28.9 Å². The van der Waals surface area contributed by atoms with Gasteiger partial charge >= 0.3 is 6.09 Å². The topological polar surface area (TPSA) is 96.2 Å². The van der Waals surface area contributed by atoms with Crippen molar-refractivity contribution >= 4 is 29.2 Å². The number of fused-ring (bicyclic) bond motifs is 1. The molecule has 4 heterocycles. The average Bonchev–Trinajstić information content (AvgIpc) is 3.54. The fourth-order valence-corrected chi connectivity index (χ4v) is 5.04. The van der Waals surface area contributed by atoms with Gasteiger partial charge in [-0.25, -0.2) is 14.2 Å². The van der Waals surface area contributed by atoms with E-state index in [9.17, 15) is 19.1 Å². The average molecular weight is 551 g/mol. The number of alkyl carbamates (subject to hydrolysis) is 1. The van der Waals surface area contributed by atoms with E-state index in [0.717, 1.165) is 12.0 Å². The van der Waals surface area contributed by atoms with Crippen LogP contribution in [0.15, 0.2) is 60.8 Å². The summed E-state index contributed by atoms with van der Waals surface area (Å²) in [5, 5.41) is 12.8. The summed E-state index contributed by atoms with van der Waals surface area (Å²) in [6.45, 7) is 4.00. The number of aliphatic hydroxyl groups is 1. The Morgan fingerprint density at radius 2 is 1.95 bits per heavy atom. The number of nitrogens with one attached hydrogen (secondary N) is 1. The summed E-state index contributed by atoms with van der Waals surface area (Å²) in [6.07, 6.45) is 2.42. The van der Waals surface area contributed by atoms with E-state index in [1.807, 2.05) is 37.3 Å². The molecule has 202 valence electrons. The molecular formula is C29H28ClFN4O4. The molecule has 2 aromatic carbocycles. The molecule has 0 radical (unpaired) electrons. The van der Waals surface area contributed by atoms with Crippen LogP contribution in [0.4, 0.5) is 9.18 Å². The maximum absolute atomic E-state index is 14.8. The van der Waals surface area contributed by atoms with Crippen molar-refractivity contribution in [2.45, 2.75) is 25.9 Å². The number of nitrogens with zero attached hydrogens (tertiary/aromatic N) is 3. The number of ether oxygens (including phenoxy) is 1. The minimum Gasteiger partial charge on any atom is -0.448 e. The highest BCUT2D eigenvalue weighted by molar-refractivity contribution is 6.32. The number of hydrogen-bond donors (Lipinski definition) is 2. The molecule has 8 nitrogen and oxygen atoms in total. The number of imidazole rings is 1. The monoisotopic (exact) mass is 550 g/mol. The maximum atomic E-state index is 14.8. The molecule has 1 atom stereocenters. The number of aromatic nitrogens is 2. The number of halogens is 2. The van der Waals surface area contributed by atoms with Crippen LogP contribution in [0.1, 0.15) is 28.8 Å². The number of amides is 2. The van der Waals surface area contributed by atoms with Crippen molar-refractivity contribution in [3.05, 3.63) is 82.9 Å². The Labute approximate surface area is 230 Å². The second-order valence-corrected chi connectivity index (χ2v) is 9.89. The molecule has 2 aliphatic rings. The zero-order chi connectivity index (χ0) is 27.5. The predicted molar refractivity (Wildman–Crippen MR) is 146 cm³/mol. The highest BCUT2D eigenvalue weighted by Crippen LogP contribution is 2.37. The van der Waals surface area contributed by atoms with Crippen molar-refractivity contribution in [1.29, 1.82) is 0 Å². The zero-order valence-electron chi connectivity index (χ0n) is 21.4. The first-order valence-corrected chi connectivity index (χ1v) is 13.1. The molecule has 1 unspecified atom stereocenters. The number of carbonyl (C=O) groups is 2. The number of pyridine rings is 1. The number of aliphatic hydroxyl groups excluding tert-OH is 1. The third-order valence-electron chi connectivity index (χ3n) is 6.70. The predicted octanol–water partition coefficient (Wildman–Crippen LogP) is 5.09. The van der Waals surface area contributed by atoms with E-state index < -0.39 is 6.10 Å². The third kappa shape index (κ3) is 5.74. The quantitative estimate of drug-likeness (QED) is 0.370. The molecule has 4 aromatic rings. The molecular weight excluding hydrogens is 523 g/mol. The molecule has 0 aliphatic carbocycles. The summed E-state index contributed by atoms with van der Waals surface area (Å²) in [7, 11) is 0. The molecule has 2 aromatic heterocycles. The Morgan fingerprint density at radius 3 is 2.62 bits per heavy atom. The Kier molecular flexibility index (Phi) is 7.81. The summed E-state index contributed by atoms with van der Waals surface area (Å²) < 4.78 is 20.9. The molecule has 2 N–H and O–H groups in total. The van der Waals surface area contributed by atoms with E-state index in [-0.39, 0.29) is 17.8 Å². The van der Waals surface area contributed by atoms with E-state index in [4.69, 9.17) is 16.6 Å². The van der Waals surface area contributed by atoms with Crippen molar-refractivity contribution in [2.24, 2.45) is 0 Å². The van der Waals surface area contributed by atoms with Gasteiger partial charge in [0.25, 0.3) is 5.91 Å². The SMILES string of the molecule is Cc1ccc(-c2ccccc2-c2nc3cc(C(=O)N4CCCC(O)C4)ccn3c2Cl)c(F)c1.O=C1NCCO1. The van der Waals surface area contributed by atoms with Gasteiger partial charge in [-0.1, -0.05) is 48.0 Å². The molecule has 2 fully saturated rings. The van der Waals surface area contributed by atoms with E-state index in [2.05, 4.69) is 10.1 Å². The summed E-state index contributed by atoms with van der Waals surface area (Å²) in [6, 6.07) is 16.0. The van der Waals surface area contributed by atoms with E-state index in [0.29, 0.717) is 71.4 Å².